The third-order valence-electron chi connectivity index (χ3n) is 6.54. The molecular weight excluding hydrogens is 384 g/mol. The average Bonchev–Trinajstić information content (AvgIpc) is 3.21. The van der Waals surface area contributed by atoms with Gasteiger partial charge in [-0.15, -0.1) is 0 Å². The van der Waals surface area contributed by atoms with Crippen molar-refractivity contribution in [2.75, 3.05) is 31.6 Å². The molecule has 3 aromatic rings. The van der Waals surface area contributed by atoms with Gasteiger partial charge in [0, 0.05) is 30.4 Å². The third-order valence-corrected chi connectivity index (χ3v) is 6.54. The Kier molecular flexibility index (Phi) is 5.81. The molecule has 5 rings (SSSR count). The van der Waals surface area contributed by atoms with Gasteiger partial charge in [-0.1, -0.05) is 42.5 Å². The van der Waals surface area contributed by atoms with Crippen LogP contribution in [0.2, 0.25) is 0 Å². The van der Waals surface area contributed by atoms with Crippen LogP contribution in [0.4, 0.5) is 11.4 Å². The first-order valence-corrected chi connectivity index (χ1v) is 11.3. The van der Waals surface area contributed by atoms with E-state index in [0.717, 1.165) is 31.0 Å². The van der Waals surface area contributed by atoms with Gasteiger partial charge in [0.25, 0.3) is 0 Å². The summed E-state index contributed by atoms with van der Waals surface area (Å²) in [6.45, 7) is 3.84. The predicted molar refractivity (Wildman–Crippen MR) is 126 cm³/mol. The Morgan fingerprint density at radius 1 is 0.968 bits per heavy atom. The van der Waals surface area contributed by atoms with Crippen molar-refractivity contribution in [1.82, 2.24) is 4.90 Å². The molecule has 160 valence electrons. The van der Waals surface area contributed by atoms with E-state index >= 15 is 0 Å². The largest absolute Gasteiger partial charge is 0.497 e. The van der Waals surface area contributed by atoms with E-state index in [0.29, 0.717) is 12.6 Å². The van der Waals surface area contributed by atoms with Gasteiger partial charge >= 0.3 is 0 Å². The zero-order chi connectivity index (χ0) is 21.0. The number of rotatable bonds is 6. The zero-order valence-corrected chi connectivity index (χ0v) is 18.2. The first-order valence-electron chi connectivity index (χ1n) is 11.3. The van der Waals surface area contributed by atoms with Crippen molar-refractivity contribution < 1.29 is 9.47 Å². The molecule has 1 fully saturated rings. The minimum absolute atomic E-state index is 0.532. The molecule has 0 amide bonds. The Morgan fingerprint density at radius 2 is 1.81 bits per heavy atom. The maximum absolute atomic E-state index is 6.16. The fourth-order valence-corrected chi connectivity index (χ4v) is 4.89. The number of benzene rings is 3. The van der Waals surface area contributed by atoms with Crippen LogP contribution < -0.4 is 14.4 Å². The van der Waals surface area contributed by atoms with Crippen LogP contribution in [0.3, 0.4) is 0 Å². The number of para-hydroxylation sites is 3. The molecule has 3 aromatic carbocycles. The van der Waals surface area contributed by atoms with Crippen LogP contribution in [0.1, 0.15) is 24.0 Å². The van der Waals surface area contributed by atoms with E-state index in [-0.39, 0.29) is 0 Å². The molecule has 1 saturated heterocycles. The van der Waals surface area contributed by atoms with Crippen LogP contribution in [0.15, 0.2) is 72.8 Å². The average molecular weight is 415 g/mol. The summed E-state index contributed by atoms with van der Waals surface area (Å²) in [5, 5.41) is 0. The number of likely N-dealkylation sites (tertiary alicyclic amines) is 1. The van der Waals surface area contributed by atoms with E-state index < -0.39 is 0 Å². The highest BCUT2D eigenvalue weighted by Crippen LogP contribution is 2.40. The van der Waals surface area contributed by atoms with Crippen molar-refractivity contribution >= 4 is 11.4 Å². The van der Waals surface area contributed by atoms with E-state index in [4.69, 9.17) is 9.47 Å². The summed E-state index contributed by atoms with van der Waals surface area (Å²) in [5.74, 6) is 1.91. The minimum atomic E-state index is 0.532. The summed E-state index contributed by atoms with van der Waals surface area (Å²) in [5.41, 5.74) is 5.03. The lowest BCUT2D eigenvalue weighted by atomic mass is 10.1. The van der Waals surface area contributed by atoms with Crippen LogP contribution in [-0.2, 0) is 13.0 Å². The third kappa shape index (κ3) is 4.26. The number of ether oxygens (including phenoxy) is 2. The van der Waals surface area contributed by atoms with Gasteiger partial charge in [0.05, 0.1) is 12.8 Å². The maximum atomic E-state index is 6.16. The van der Waals surface area contributed by atoms with Gasteiger partial charge < -0.3 is 14.4 Å². The summed E-state index contributed by atoms with van der Waals surface area (Å²) < 4.78 is 11.6. The number of hydrogen-bond acceptors (Lipinski definition) is 4. The SMILES string of the molecule is COc1cccc(CCN2CCCC2CN2c3ccccc3COc3ccccc32)c1. The summed E-state index contributed by atoms with van der Waals surface area (Å²) >= 11 is 0. The monoisotopic (exact) mass is 414 g/mol. The molecule has 0 aliphatic carbocycles. The van der Waals surface area contributed by atoms with Gasteiger partial charge in [0.1, 0.15) is 18.1 Å². The predicted octanol–water partition coefficient (Wildman–Crippen LogP) is 5.43. The Labute approximate surface area is 185 Å². The Bertz CT molecular complexity index is 988. The van der Waals surface area contributed by atoms with E-state index in [9.17, 15) is 0 Å². The molecular formula is C27H30N2O2. The van der Waals surface area contributed by atoms with Gasteiger partial charge in [-0.2, -0.15) is 0 Å². The number of hydrogen-bond donors (Lipinski definition) is 0. The van der Waals surface area contributed by atoms with Gasteiger partial charge in [0.15, 0.2) is 0 Å². The molecule has 4 nitrogen and oxygen atoms in total. The van der Waals surface area contributed by atoms with Crippen molar-refractivity contribution in [2.24, 2.45) is 0 Å². The molecule has 2 aliphatic rings. The van der Waals surface area contributed by atoms with Gasteiger partial charge in [-0.25, -0.2) is 0 Å². The molecule has 0 bridgehead atoms. The molecule has 0 N–H and O–H groups in total. The number of anilines is 2. The van der Waals surface area contributed by atoms with Crippen molar-refractivity contribution in [3.05, 3.63) is 83.9 Å². The number of nitrogens with zero attached hydrogens (tertiary/aromatic N) is 2. The maximum Gasteiger partial charge on any atom is 0.143 e. The topological polar surface area (TPSA) is 24.9 Å². The highest BCUT2D eigenvalue weighted by atomic mass is 16.5. The highest BCUT2D eigenvalue weighted by molar-refractivity contribution is 5.72. The number of methoxy groups -OCH3 is 1. The van der Waals surface area contributed by atoms with Crippen LogP contribution in [0.25, 0.3) is 0 Å². The Morgan fingerprint density at radius 3 is 2.71 bits per heavy atom. The molecule has 0 saturated carbocycles. The molecule has 2 aliphatic heterocycles. The van der Waals surface area contributed by atoms with E-state index in [1.54, 1.807) is 7.11 Å². The Hall–Kier alpha value is -2.98. The van der Waals surface area contributed by atoms with Crippen molar-refractivity contribution in [3.63, 3.8) is 0 Å². The lowest BCUT2D eigenvalue weighted by Crippen LogP contribution is -2.39. The first-order chi connectivity index (χ1) is 15.3. The van der Waals surface area contributed by atoms with Crippen molar-refractivity contribution in [1.29, 1.82) is 0 Å². The molecule has 0 spiro atoms. The van der Waals surface area contributed by atoms with Crippen LogP contribution in [0, 0.1) is 0 Å². The fraction of sp³-hybridized carbons (Fsp3) is 0.333. The quantitative estimate of drug-likeness (QED) is 0.537. The smallest absolute Gasteiger partial charge is 0.143 e. The van der Waals surface area contributed by atoms with Gasteiger partial charge in [-0.3, -0.25) is 4.90 Å². The zero-order valence-electron chi connectivity index (χ0n) is 18.2. The van der Waals surface area contributed by atoms with Gasteiger partial charge in [0.2, 0.25) is 0 Å². The molecule has 4 heteroatoms. The van der Waals surface area contributed by atoms with Crippen LogP contribution >= 0.6 is 0 Å². The molecule has 0 aromatic heterocycles. The summed E-state index contributed by atoms with van der Waals surface area (Å²) in [4.78, 5) is 5.14. The minimum Gasteiger partial charge on any atom is -0.497 e. The van der Waals surface area contributed by atoms with E-state index in [2.05, 4.69) is 76.5 Å². The molecule has 2 heterocycles. The number of fused-ring (bicyclic) bond motifs is 2. The summed E-state index contributed by atoms with van der Waals surface area (Å²) in [7, 11) is 1.73. The van der Waals surface area contributed by atoms with E-state index in [1.165, 1.54) is 41.9 Å². The summed E-state index contributed by atoms with van der Waals surface area (Å²) in [6.07, 6.45) is 3.54. The van der Waals surface area contributed by atoms with E-state index in [1.807, 2.05) is 6.07 Å². The molecule has 0 radical (unpaired) electrons. The lowest BCUT2D eigenvalue weighted by molar-refractivity contribution is 0.261. The second kappa shape index (κ2) is 9.03. The standard InChI is InChI=1S/C27H30N2O2/c1-30-24-11-6-8-21(18-24)15-17-28-16-7-10-23(28)19-29-25-12-3-2-9-22(25)20-31-27-14-5-4-13-26(27)29/h2-6,8-9,11-14,18,23H,7,10,15-17,19-20H2,1H3. The van der Waals surface area contributed by atoms with Crippen LogP contribution in [0.5, 0.6) is 11.5 Å². The molecule has 1 unspecified atom stereocenters. The normalized spacial score (nSPS) is 18.1. The summed E-state index contributed by atoms with van der Waals surface area (Å²) in [6, 6.07) is 26.1. The second-order valence-corrected chi connectivity index (χ2v) is 8.43. The lowest BCUT2D eigenvalue weighted by Gasteiger charge is -2.32. The van der Waals surface area contributed by atoms with Crippen molar-refractivity contribution in [3.8, 4) is 11.5 Å². The van der Waals surface area contributed by atoms with Gasteiger partial charge in [-0.05, 0) is 61.7 Å². The van der Waals surface area contributed by atoms with Crippen molar-refractivity contribution in [2.45, 2.75) is 31.9 Å². The van der Waals surface area contributed by atoms with Crippen LogP contribution in [-0.4, -0.2) is 37.7 Å². The Balaban J connectivity index is 1.36. The fourth-order valence-electron chi connectivity index (χ4n) is 4.89. The highest BCUT2D eigenvalue weighted by Gasteiger charge is 2.29. The molecule has 31 heavy (non-hydrogen) atoms. The molecule has 1 atom stereocenters. The second-order valence-electron chi connectivity index (χ2n) is 8.43. The first kappa shape index (κ1) is 20.0.